The Morgan fingerprint density at radius 3 is 1.29 bits per heavy atom. The lowest BCUT2D eigenvalue weighted by Gasteiger charge is -2.24. The zero-order valence-electron chi connectivity index (χ0n) is 41.4. The molecule has 0 radical (unpaired) electrons. The van der Waals surface area contributed by atoms with Crippen molar-refractivity contribution in [3.8, 4) is 0 Å². The molecule has 0 aliphatic heterocycles. The molecule has 0 saturated heterocycles. The third-order valence-electron chi connectivity index (χ3n) is 11.9. The second-order valence-corrected chi connectivity index (χ2v) is 18.0. The van der Waals surface area contributed by atoms with Crippen LogP contribution in [-0.4, -0.2) is 46.9 Å². The van der Waals surface area contributed by atoms with E-state index in [0.717, 1.165) is 96.3 Å². The van der Waals surface area contributed by atoms with E-state index in [-0.39, 0.29) is 24.9 Å². The molecule has 3 N–H and O–H groups in total. The maximum absolute atomic E-state index is 13.2. The highest BCUT2D eigenvalue weighted by Crippen LogP contribution is 2.18. The Balaban J connectivity index is 4.57. The maximum Gasteiger partial charge on any atom is 0.306 e. The van der Waals surface area contributed by atoms with Crippen LogP contribution in [0.5, 0.6) is 0 Å². The average molecular weight is 880 g/mol. The van der Waals surface area contributed by atoms with Crippen molar-refractivity contribution in [3.63, 3.8) is 0 Å². The number of hydrogen-bond donors (Lipinski definition) is 3. The van der Waals surface area contributed by atoms with Gasteiger partial charge in [0, 0.05) is 6.42 Å². The zero-order valence-corrected chi connectivity index (χ0v) is 41.4. The highest BCUT2D eigenvalue weighted by Gasteiger charge is 2.24. The first-order chi connectivity index (χ1) is 31.0. The van der Waals surface area contributed by atoms with Crippen molar-refractivity contribution < 1.29 is 24.5 Å². The van der Waals surface area contributed by atoms with E-state index < -0.39 is 18.2 Å². The molecule has 0 bridgehead atoms. The molecule has 0 aromatic heterocycles. The number of rotatable bonds is 47. The molecule has 6 nitrogen and oxygen atoms in total. The quantitative estimate of drug-likeness (QED) is 0.0321. The molecule has 0 rings (SSSR count). The summed E-state index contributed by atoms with van der Waals surface area (Å²) in [5.41, 5.74) is 0. The summed E-state index contributed by atoms with van der Waals surface area (Å²) < 4.78 is 5.93. The van der Waals surface area contributed by atoms with Crippen LogP contribution in [0.15, 0.2) is 72.9 Å². The molecular weight excluding hydrogens is 779 g/mol. The topological polar surface area (TPSA) is 95.9 Å². The maximum atomic E-state index is 13.2. The lowest BCUT2D eigenvalue weighted by atomic mass is 10.0. The molecule has 0 aromatic rings. The number of ether oxygens (including phenoxy) is 1. The van der Waals surface area contributed by atoms with Crippen molar-refractivity contribution in [1.82, 2.24) is 5.32 Å². The Morgan fingerprint density at radius 2 is 0.857 bits per heavy atom. The van der Waals surface area contributed by atoms with E-state index in [4.69, 9.17) is 4.74 Å². The van der Waals surface area contributed by atoms with Gasteiger partial charge in [-0.1, -0.05) is 248 Å². The summed E-state index contributed by atoms with van der Waals surface area (Å²) in [6.07, 6.45) is 63.9. The van der Waals surface area contributed by atoms with Gasteiger partial charge in [-0.2, -0.15) is 0 Å². The summed E-state index contributed by atoms with van der Waals surface area (Å²) >= 11 is 0. The van der Waals surface area contributed by atoms with E-state index in [1.165, 1.54) is 109 Å². The molecule has 3 unspecified atom stereocenters. The first kappa shape index (κ1) is 60.3. The molecule has 0 saturated carbocycles. The highest BCUT2D eigenvalue weighted by molar-refractivity contribution is 5.77. The minimum atomic E-state index is -0.799. The van der Waals surface area contributed by atoms with Gasteiger partial charge in [0.05, 0.1) is 25.2 Å². The summed E-state index contributed by atoms with van der Waals surface area (Å²) in [6, 6.07) is -0.714. The molecular formula is C57H101NO5. The number of allylic oxidation sites excluding steroid dienone is 12. The number of amides is 1. The molecule has 0 aliphatic carbocycles. The van der Waals surface area contributed by atoms with Gasteiger partial charge in [0.15, 0.2) is 0 Å². The van der Waals surface area contributed by atoms with Gasteiger partial charge in [-0.15, -0.1) is 0 Å². The van der Waals surface area contributed by atoms with Crippen LogP contribution in [0.25, 0.3) is 0 Å². The van der Waals surface area contributed by atoms with Gasteiger partial charge in [-0.05, 0) is 64.2 Å². The number of aliphatic hydroxyl groups excluding tert-OH is 2. The van der Waals surface area contributed by atoms with Crippen molar-refractivity contribution in [2.45, 2.75) is 270 Å². The number of carbonyl (C=O) groups is 2. The first-order valence-corrected chi connectivity index (χ1v) is 26.7. The lowest BCUT2D eigenvalue weighted by molar-refractivity contribution is -0.151. The molecule has 63 heavy (non-hydrogen) atoms. The molecule has 0 aromatic carbocycles. The summed E-state index contributed by atoms with van der Waals surface area (Å²) in [5.74, 6) is -0.507. The SMILES string of the molecule is CC/C=C/C=C/C=C/CCCCCCCCCC(=O)OC(CCCCCCC/C=C/C=C/C=C/CC)CC(=O)NC(CO)C(O)CCCCCCCCCCCCCCCCCC. The second-order valence-electron chi connectivity index (χ2n) is 18.0. The molecule has 0 spiro atoms. The van der Waals surface area contributed by atoms with Gasteiger partial charge >= 0.3 is 5.97 Å². The Kier molecular flexibility index (Phi) is 48.1. The molecule has 364 valence electrons. The van der Waals surface area contributed by atoms with Gasteiger partial charge in [-0.25, -0.2) is 0 Å². The summed E-state index contributed by atoms with van der Waals surface area (Å²) in [7, 11) is 0. The van der Waals surface area contributed by atoms with Crippen molar-refractivity contribution in [2.24, 2.45) is 0 Å². The third kappa shape index (κ3) is 45.7. The van der Waals surface area contributed by atoms with Crippen LogP contribution in [0.4, 0.5) is 0 Å². The Labute approximate surface area is 390 Å². The smallest absolute Gasteiger partial charge is 0.306 e. The van der Waals surface area contributed by atoms with E-state index >= 15 is 0 Å². The second kappa shape index (κ2) is 50.3. The molecule has 6 heteroatoms. The minimum absolute atomic E-state index is 0.0567. The number of esters is 1. The van der Waals surface area contributed by atoms with Crippen LogP contribution < -0.4 is 5.32 Å². The molecule has 1 amide bonds. The fraction of sp³-hybridized carbons (Fsp3) is 0.754. The lowest BCUT2D eigenvalue weighted by Crippen LogP contribution is -2.46. The van der Waals surface area contributed by atoms with Crippen LogP contribution in [-0.2, 0) is 14.3 Å². The van der Waals surface area contributed by atoms with Gasteiger partial charge < -0.3 is 20.3 Å². The Bertz CT molecular complexity index is 1170. The van der Waals surface area contributed by atoms with Crippen LogP contribution in [0.3, 0.4) is 0 Å². The van der Waals surface area contributed by atoms with Crippen molar-refractivity contribution in [1.29, 1.82) is 0 Å². The Hall–Kier alpha value is -2.70. The van der Waals surface area contributed by atoms with Crippen LogP contribution in [0.1, 0.15) is 252 Å². The molecule has 0 aliphatic rings. The van der Waals surface area contributed by atoms with E-state index in [1.54, 1.807) is 0 Å². The summed E-state index contributed by atoms with van der Waals surface area (Å²) in [4.78, 5) is 26.2. The minimum Gasteiger partial charge on any atom is -0.462 e. The normalized spacial score (nSPS) is 13.8. The highest BCUT2D eigenvalue weighted by atomic mass is 16.5. The number of nitrogens with one attached hydrogen (secondary N) is 1. The average Bonchev–Trinajstić information content (AvgIpc) is 3.28. The fourth-order valence-corrected chi connectivity index (χ4v) is 7.90. The van der Waals surface area contributed by atoms with Crippen LogP contribution >= 0.6 is 0 Å². The van der Waals surface area contributed by atoms with Crippen molar-refractivity contribution in [2.75, 3.05) is 6.61 Å². The largest absolute Gasteiger partial charge is 0.462 e. The van der Waals surface area contributed by atoms with Crippen molar-refractivity contribution >= 4 is 11.9 Å². The summed E-state index contributed by atoms with van der Waals surface area (Å²) in [5, 5.41) is 23.8. The van der Waals surface area contributed by atoms with Gasteiger partial charge in [-0.3, -0.25) is 9.59 Å². The van der Waals surface area contributed by atoms with Gasteiger partial charge in [0.1, 0.15) is 6.10 Å². The van der Waals surface area contributed by atoms with E-state index in [9.17, 15) is 19.8 Å². The number of unbranched alkanes of at least 4 members (excludes halogenated alkanes) is 27. The fourth-order valence-electron chi connectivity index (χ4n) is 7.90. The van der Waals surface area contributed by atoms with Crippen LogP contribution in [0.2, 0.25) is 0 Å². The monoisotopic (exact) mass is 880 g/mol. The predicted octanol–water partition coefficient (Wildman–Crippen LogP) is 16.2. The first-order valence-electron chi connectivity index (χ1n) is 26.7. The predicted molar refractivity (Wildman–Crippen MR) is 273 cm³/mol. The molecule has 3 atom stereocenters. The molecule has 0 heterocycles. The van der Waals surface area contributed by atoms with E-state index in [1.807, 2.05) is 0 Å². The summed E-state index contributed by atoms with van der Waals surface area (Å²) in [6.45, 7) is 6.23. The third-order valence-corrected chi connectivity index (χ3v) is 11.9. The van der Waals surface area contributed by atoms with Crippen molar-refractivity contribution in [3.05, 3.63) is 72.9 Å². The number of carbonyl (C=O) groups excluding carboxylic acids is 2. The van der Waals surface area contributed by atoms with Gasteiger partial charge in [0.2, 0.25) is 5.91 Å². The van der Waals surface area contributed by atoms with E-state index in [2.05, 4.69) is 99.0 Å². The van der Waals surface area contributed by atoms with E-state index in [0.29, 0.717) is 19.3 Å². The number of aliphatic hydroxyl groups is 2. The van der Waals surface area contributed by atoms with Crippen LogP contribution in [0, 0.1) is 0 Å². The zero-order chi connectivity index (χ0) is 45.9. The molecule has 0 fully saturated rings. The van der Waals surface area contributed by atoms with Gasteiger partial charge in [0.25, 0.3) is 0 Å². The number of hydrogen-bond acceptors (Lipinski definition) is 5. The Morgan fingerprint density at radius 1 is 0.476 bits per heavy atom. The standard InChI is InChI=1S/C57H101NO5/c1-4-7-10-13-16-19-22-25-27-29-31-34-37-40-43-46-49-55(60)54(52-59)58-56(61)51-53(48-45-42-39-36-33-30-24-21-18-15-12-9-6-3)63-57(62)50-47-44-41-38-35-32-28-26-23-20-17-14-11-8-5-2/h8-9,11-12,14-15,17-18,20-21,23-24,53-55,59-60H,4-7,10,13,16,19,22,25-52H2,1-3H3,(H,58,61)/b11-8+,12-9+,17-14+,18-15+,23-20+,24-21+.